The van der Waals surface area contributed by atoms with Crippen molar-refractivity contribution in [1.29, 1.82) is 0 Å². The Bertz CT molecular complexity index is 254. The van der Waals surface area contributed by atoms with Gasteiger partial charge in [0.25, 0.3) is 13.1 Å². The van der Waals surface area contributed by atoms with E-state index in [0.717, 1.165) is 0 Å². The summed E-state index contributed by atoms with van der Waals surface area (Å²) in [4.78, 5) is 20.0. The molecule has 0 aromatic rings. The monoisotopic (exact) mass is 246 g/mol. The number of alkyl halides is 4. The van der Waals surface area contributed by atoms with E-state index in [1.807, 2.05) is 0 Å². The molecule has 1 amide bonds. The molecule has 0 rings (SSSR count). The quantitative estimate of drug-likeness (QED) is 0.504. The van der Waals surface area contributed by atoms with Gasteiger partial charge in [-0.1, -0.05) is 0 Å². The molecule has 5 nitrogen and oxygen atoms in total. The van der Waals surface area contributed by atoms with Crippen molar-refractivity contribution in [1.82, 2.24) is 4.90 Å². The first kappa shape index (κ1) is 14.6. The number of amides is 1. The van der Waals surface area contributed by atoms with E-state index < -0.39 is 48.8 Å². The second kappa shape index (κ2) is 6.26. The highest BCUT2D eigenvalue weighted by Crippen LogP contribution is 2.19. The fourth-order valence-corrected chi connectivity index (χ4v) is 1.04. The Morgan fingerprint density at radius 2 is 1.62 bits per heavy atom. The molecule has 0 spiro atoms. The normalized spacial score (nSPS) is 13.4. The smallest absolute Gasteiger partial charge is 0.321 e. The molecule has 1 unspecified atom stereocenters. The summed E-state index contributed by atoms with van der Waals surface area (Å²) in [5.74, 6) is -2.81. The van der Waals surface area contributed by atoms with Crippen LogP contribution in [0.2, 0.25) is 0 Å². The van der Waals surface area contributed by atoms with E-state index in [1.54, 1.807) is 0 Å². The summed E-state index contributed by atoms with van der Waals surface area (Å²) in [6.45, 7) is -7.26. The van der Waals surface area contributed by atoms with Gasteiger partial charge in [0.1, 0.15) is 6.04 Å². The Balaban J connectivity index is 4.71. The van der Waals surface area contributed by atoms with E-state index in [1.165, 1.54) is 0 Å². The molecule has 0 radical (unpaired) electrons. The second-order valence-corrected chi connectivity index (χ2v) is 2.86. The largest absolute Gasteiger partial charge is 0.480 e. The molecule has 0 aliphatic heterocycles. The number of rotatable bonds is 7. The highest BCUT2D eigenvalue weighted by Gasteiger charge is 2.37. The third-order valence-electron chi connectivity index (χ3n) is 1.76. The average Bonchev–Trinajstić information content (AvgIpc) is 2.09. The number of primary amides is 1. The third kappa shape index (κ3) is 4.43. The van der Waals surface area contributed by atoms with Gasteiger partial charge in [-0.05, 0) is 6.42 Å². The van der Waals surface area contributed by atoms with E-state index in [2.05, 4.69) is 5.73 Å². The summed E-state index contributed by atoms with van der Waals surface area (Å²) < 4.78 is 48.6. The van der Waals surface area contributed by atoms with Gasteiger partial charge in [-0.15, -0.1) is 0 Å². The van der Waals surface area contributed by atoms with Gasteiger partial charge in [0, 0.05) is 6.42 Å². The predicted molar refractivity (Wildman–Crippen MR) is 43.7 cm³/mol. The molecule has 0 heterocycles. The van der Waals surface area contributed by atoms with Crippen LogP contribution >= 0.6 is 0 Å². The minimum atomic E-state index is -3.63. The van der Waals surface area contributed by atoms with Crippen LogP contribution in [0.3, 0.4) is 0 Å². The number of carboxylic acid groups (broad SMARTS) is 1. The lowest BCUT2D eigenvalue weighted by atomic mass is 10.1. The van der Waals surface area contributed by atoms with Gasteiger partial charge in [0.15, 0.2) is 0 Å². The number of carboxylic acids is 1. The van der Waals surface area contributed by atoms with Crippen molar-refractivity contribution in [2.24, 2.45) is 5.73 Å². The van der Waals surface area contributed by atoms with E-state index in [9.17, 15) is 27.2 Å². The Morgan fingerprint density at radius 3 is 1.88 bits per heavy atom. The number of nitrogens with zero attached hydrogens (tertiary/aromatic N) is 1. The molecule has 0 aliphatic carbocycles. The lowest BCUT2D eigenvalue weighted by molar-refractivity contribution is -0.183. The molecule has 0 aromatic carbocycles. The molecule has 0 fully saturated rings. The van der Waals surface area contributed by atoms with Crippen molar-refractivity contribution in [3.8, 4) is 0 Å². The first-order valence-electron chi connectivity index (χ1n) is 4.12. The number of carbonyl (C=O) groups is 2. The summed E-state index contributed by atoms with van der Waals surface area (Å²) in [5, 5.41) is 8.49. The van der Waals surface area contributed by atoms with Crippen molar-refractivity contribution in [3.63, 3.8) is 0 Å². The second-order valence-electron chi connectivity index (χ2n) is 2.86. The number of carbonyl (C=O) groups excluding carboxylic acids is 1. The minimum absolute atomic E-state index is 0.563. The van der Waals surface area contributed by atoms with Gasteiger partial charge in [-0.2, -0.15) is 22.5 Å². The van der Waals surface area contributed by atoms with Crippen LogP contribution in [0.5, 0.6) is 0 Å². The number of hydrogen-bond acceptors (Lipinski definition) is 3. The van der Waals surface area contributed by atoms with E-state index >= 15 is 0 Å². The SMILES string of the molecule is NC(=O)CCC(C(=O)O)N(C(F)F)C(F)F. The van der Waals surface area contributed by atoms with Crippen LogP contribution in [-0.2, 0) is 9.59 Å². The average molecular weight is 246 g/mol. The van der Waals surface area contributed by atoms with Gasteiger partial charge in [-0.25, -0.2) is 0 Å². The highest BCUT2D eigenvalue weighted by molar-refractivity contribution is 5.77. The van der Waals surface area contributed by atoms with Crippen molar-refractivity contribution in [2.75, 3.05) is 0 Å². The molecule has 0 aromatic heterocycles. The molecule has 94 valence electrons. The highest BCUT2D eigenvalue weighted by atomic mass is 19.3. The van der Waals surface area contributed by atoms with Gasteiger partial charge < -0.3 is 10.8 Å². The zero-order chi connectivity index (χ0) is 12.9. The summed E-state index contributed by atoms with van der Waals surface area (Å²) >= 11 is 0. The summed E-state index contributed by atoms with van der Waals surface area (Å²) in [6.07, 6.45) is -1.26. The molecule has 9 heteroatoms. The standard InChI is InChI=1S/C7H10F4N2O3/c8-6(9)13(7(10)11)3(5(15)16)1-2-4(12)14/h3,6-7H,1-2H2,(H2,12,14)(H,15,16). The van der Waals surface area contributed by atoms with Gasteiger partial charge in [-0.3, -0.25) is 9.59 Å². The van der Waals surface area contributed by atoms with Gasteiger partial charge >= 0.3 is 5.97 Å². The minimum Gasteiger partial charge on any atom is -0.480 e. The van der Waals surface area contributed by atoms with Crippen LogP contribution in [0.1, 0.15) is 12.8 Å². The first-order chi connectivity index (χ1) is 7.27. The fourth-order valence-electron chi connectivity index (χ4n) is 1.04. The summed E-state index contributed by atoms with van der Waals surface area (Å²) in [5.41, 5.74) is 4.67. The van der Waals surface area contributed by atoms with Gasteiger partial charge in [0.05, 0.1) is 0 Å². The Hall–Kier alpha value is -1.38. The molecular weight excluding hydrogens is 236 g/mol. The van der Waals surface area contributed by atoms with Crippen molar-refractivity contribution < 1.29 is 32.3 Å². The van der Waals surface area contributed by atoms with Crippen LogP contribution in [0.25, 0.3) is 0 Å². The molecule has 16 heavy (non-hydrogen) atoms. The van der Waals surface area contributed by atoms with Crippen molar-refractivity contribution in [3.05, 3.63) is 0 Å². The lowest BCUT2D eigenvalue weighted by Gasteiger charge is -2.26. The van der Waals surface area contributed by atoms with Crippen LogP contribution in [0.15, 0.2) is 0 Å². The molecule has 0 aliphatic rings. The lowest BCUT2D eigenvalue weighted by Crippen LogP contribution is -2.47. The molecular formula is C7H10F4N2O3. The zero-order valence-corrected chi connectivity index (χ0v) is 7.95. The van der Waals surface area contributed by atoms with E-state index in [0.29, 0.717) is 0 Å². The number of nitrogens with two attached hydrogens (primary N) is 1. The molecule has 0 saturated carbocycles. The van der Waals surface area contributed by atoms with Crippen LogP contribution in [0.4, 0.5) is 17.6 Å². The Morgan fingerprint density at radius 1 is 1.19 bits per heavy atom. The summed E-state index contributed by atoms with van der Waals surface area (Å²) in [6, 6.07) is -2.15. The topological polar surface area (TPSA) is 83.6 Å². The van der Waals surface area contributed by atoms with Gasteiger partial charge in [0.2, 0.25) is 5.91 Å². The molecule has 0 bridgehead atoms. The van der Waals surface area contributed by atoms with Crippen molar-refractivity contribution >= 4 is 11.9 Å². The zero-order valence-electron chi connectivity index (χ0n) is 7.95. The number of aliphatic carboxylic acids is 1. The third-order valence-corrected chi connectivity index (χ3v) is 1.76. The maximum atomic E-state index is 12.2. The molecule has 1 atom stereocenters. The van der Waals surface area contributed by atoms with Crippen LogP contribution in [-0.4, -0.2) is 41.0 Å². The molecule has 3 N–H and O–H groups in total. The molecule has 0 saturated heterocycles. The first-order valence-corrected chi connectivity index (χ1v) is 4.12. The number of halogens is 4. The van der Waals surface area contributed by atoms with Crippen molar-refractivity contribution in [2.45, 2.75) is 32.0 Å². The van der Waals surface area contributed by atoms with E-state index in [-0.39, 0.29) is 0 Å². The fraction of sp³-hybridized carbons (Fsp3) is 0.714. The predicted octanol–water partition coefficient (Wildman–Crippen LogP) is 0.452. The maximum absolute atomic E-state index is 12.2. The maximum Gasteiger partial charge on any atom is 0.321 e. The summed E-state index contributed by atoms with van der Waals surface area (Å²) in [7, 11) is 0. The number of hydrogen-bond donors (Lipinski definition) is 2. The van der Waals surface area contributed by atoms with Crippen LogP contribution in [0, 0.1) is 0 Å². The Kier molecular flexibility index (Phi) is 5.72. The van der Waals surface area contributed by atoms with E-state index in [4.69, 9.17) is 5.11 Å². The Labute approximate surface area is 87.8 Å². The van der Waals surface area contributed by atoms with Crippen LogP contribution < -0.4 is 5.73 Å².